The topological polar surface area (TPSA) is 79.0 Å². The fourth-order valence-electron chi connectivity index (χ4n) is 4.26. The third-order valence-electron chi connectivity index (χ3n) is 6.26. The number of nitrogens with zero attached hydrogens (tertiary/aromatic N) is 2. The van der Waals surface area contributed by atoms with Crippen LogP contribution in [-0.2, 0) is 19.1 Å². The molecule has 1 N–H and O–H groups in total. The zero-order valence-electron chi connectivity index (χ0n) is 21.8. The Morgan fingerprint density at radius 1 is 1.22 bits per heavy atom. The molecular weight excluding hydrogens is 406 g/mol. The van der Waals surface area contributed by atoms with E-state index in [2.05, 4.69) is 17.1 Å². The normalized spacial score (nSPS) is 22.3. The highest BCUT2D eigenvalue weighted by atomic mass is 16.5. The Balaban J connectivity index is 3.10. The molecule has 1 aliphatic heterocycles. The summed E-state index contributed by atoms with van der Waals surface area (Å²) in [4.78, 5) is 42.6. The van der Waals surface area contributed by atoms with Crippen LogP contribution in [0.2, 0.25) is 0 Å². The molecule has 0 aromatic rings. The molecule has 32 heavy (non-hydrogen) atoms. The van der Waals surface area contributed by atoms with E-state index < -0.39 is 11.5 Å². The van der Waals surface area contributed by atoms with Gasteiger partial charge in [0.1, 0.15) is 6.04 Å². The predicted molar refractivity (Wildman–Crippen MR) is 128 cm³/mol. The van der Waals surface area contributed by atoms with Gasteiger partial charge in [-0.2, -0.15) is 0 Å². The Morgan fingerprint density at radius 2 is 1.81 bits per heavy atom. The summed E-state index contributed by atoms with van der Waals surface area (Å²) in [6.07, 6.45) is 3.59. The lowest BCUT2D eigenvalue weighted by Crippen LogP contribution is -2.60. The van der Waals surface area contributed by atoms with Crippen molar-refractivity contribution in [2.75, 3.05) is 27.2 Å². The average Bonchev–Trinajstić information content (AvgIpc) is 2.67. The third-order valence-corrected chi connectivity index (χ3v) is 6.26. The molecule has 2 amide bonds. The standard InChI is InChI=1S/C25H45N3O4/c1-11-32-24(31)18(5)14-20(16(2)3)28(10)23(30)21(25(6,7)8)26-22(29)19-13-12-17(4)15-27(19)9/h14,16-17,19-21H,11-13,15H2,1-10H3,(H,26,29)/b18-14+/t17-,19+,20+,21+/m0/s1. The van der Waals surface area contributed by atoms with Gasteiger partial charge >= 0.3 is 5.97 Å². The van der Waals surface area contributed by atoms with Gasteiger partial charge in [0, 0.05) is 19.2 Å². The number of rotatable bonds is 8. The van der Waals surface area contributed by atoms with Gasteiger partial charge in [0.25, 0.3) is 0 Å². The Bertz CT molecular complexity index is 696. The van der Waals surface area contributed by atoms with Gasteiger partial charge in [-0.05, 0) is 51.0 Å². The van der Waals surface area contributed by atoms with Gasteiger partial charge in [-0.15, -0.1) is 0 Å². The molecule has 0 saturated carbocycles. The van der Waals surface area contributed by atoms with E-state index in [4.69, 9.17) is 4.74 Å². The van der Waals surface area contributed by atoms with E-state index in [0.717, 1.165) is 19.4 Å². The monoisotopic (exact) mass is 451 g/mol. The maximum absolute atomic E-state index is 13.6. The Labute approximate surface area is 194 Å². The van der Waals surface area contributed by atoms with Crippen LogP contribution in [-0.4, -0.2) is 73.0 Å². The van der Waals surface area contributed by atoms with Crippen molar-refractivity contribution in [3.8, 4) is 0 Å². The molecule has 1 aliphatic rings. The minimum absolute atomic E-state index is 0.0793. The molecule has 1 rings (SSSR count). The molecule has 0 aromatic heterocycles. The first kappa shape index (κ1) is 28.1. The van der Waals surface area contributed by atoms with Crippen molar-refractivity contribution in [3.63, 3.8) is 0 Å². The quantitative estimate of drug-likeness (QED) is 0.453. The van der Waals surface area contributed by atoms with E-state index in [9.17, 15) is 14.4 Å². The molecule has 0 radical (unpaired) electrons. The number of hydrogen-bond acceptors (Lipinski definition) is 5. The number of likely N-dealkylation sites (N-methyl/N-ethyl adjacent to an activating group) is 2. The number of piperidine rings is 1. The Hall–Kier alpha value is -1.89. The molecule has 0 unspecified atom stereocenters. The lowest BCUT2D eigenvalue weighted by molar-refractivity contribution is -0.142. The molecule has 184 valence electrons. The average molecular weight is 452 g/mol. The molecule has 7 nitrogen and oxygen atoms in total. The smallest absolute Gasteiger partial charge is 0.333 e. The van der Waals surface area contributed by atoms with Crippen LogP contribution in [0.15, 0.2) is 11.6 Å². The van der Waals surface area contributed by atoms with E-state index in [1.165, 1.54) is 0 Å². The molecular formula is C25H45N3O4. The van der Waals surface area contributed by atoms with Crippen molar-refractivity contribution in [1.82, 2.24) is 15.1 Å². The highest BCUT2D eigenvalue weighted by Crippen LogP contribution is 2.25. The summed E-state index contributed by atoms with van der Waals surface area (Å²) >= 11 is 0. The summed E-state index contributed by atoms with van der Waals surface area (Å²) in [5.74, 6) is 0.00556. The molecule has 0 spiro atoms. The van der Waals surface area contributed by atoms with Gasteiger partial charge in [-0.25, -0.2) is 4.79 Å². The molecule has 0 aromatic carbocycles. The van der Waals surface area contributed by atoms with E-state index in [1.54, 1.807) is 31.9 Å². The number of nitrogens with one attached hydrogen (secondary N) is 1. The summed E-state index contributed by atoms with van der Waals surface area (Å²) in [5, 5.41) is 3.06. The molecule has 1 heterocycles. The minimum atomic E-state index is -0.676. The molecule has 0 aliphatic carbocycles. The van der Waals surface area contributed by atoms with Crippen molar-refractivity contribution in [2.45, 2.75) is 86.4 Å². The van der Waals surface area contributed by atoms with Crippen LogP contribution in [0.3, 0.4) is 0 Å². The fourth-order valence-corrected chi connectivity index (χ4v) is 4.26. The maximum atomic E-state index is 13.6. The molecule has 4 atom stereocenters. The van der Waals surface area contributed by atoms with Crippen LogP contribution in [0.1, 0.15) is 68.2 Å². The summed E-state index contributed by atoms with van der Waals surface area (Å²) in [6, 6.07) is -1.20. The van der Waals surface area contributed by atoms with Crippen LogP contribution in [0.25, 0.3) is 0 Å². The number of ether oxygens (including phenoxy) is 1. The maximum Gasteiger partial charge on any atom is 0.333 e. The second-order valence-corrected chi connectivity index (χ2v) is 10.7. The van der Waals surface area contributed by atoms with Crippen LogP contribution >= 0.6 is 0 Å². The first-order valence-electron chi connectivity index (χ1n) is 11.8. The number of carbonyl (C=O) groups is 3. The number of likely N-dealkylation sites (tertiary alicyclic amines) is 1. The summed E-state index contributed by atoms with van der Waals surface area (Å²) in [7, 11) is 3.71. The number of carbonyl (C=O) groups excluding carboxylic acids is 3. The van der Waals surface area contributed by atoms with E-state index in [1.807, 2.05) is 41.7 Å². The second kappa shape index (κ2) is 11.8. The molecule has 7 heteroatoms. The van der Waals surface area contributed by atoms with Crippen molar-refractivity contribution in [2.24, 2.45) is 17.3 Å². The van der Waals surface area contributed by atoms with Gasteiger partial charge in [0.15, 0.2) is 0 Å². The van der Waals surface area contributed by atoms with Gasteiger partial charge in [0.05, 0.1) is 18.7 Å². The highest BCUT2D eigenvalue weighted by Gasteiger charge is 2.39. The first-order valence-corrected chi connectivity index (χ1v) is 11.8. The van der Waals surface area contributed by atoms with Crippen molar-refractivity contribution >= 4 is 17.8 Å². The SMILES string of the molecule is CCOC(=O)/C(C)=C/[C@H](C(C)C)N(C)C(=O)[C@@H](NC(=O)[C@H]1CC[C@H](C)CN1C)C(C)(C)C. The number of esters is 1. The zero-order chi connectivity index (χ0) is 24.8. The van der Waals surface area contributed by atoms with Gasteiger partial charge in [0.2, 0.25) is 11.8 Å². The second-order valence-electron chi connectivity index (χ2n) is 10.7. The first-order chi connectivity index (χ1) is 14.7. The van der Waals surface area contributed by atoms with E-state index in [-0.39, 0.29) is 35.8 Å². The summed E-state index contributed by atoms with van der Waals surface area (Å²) < 4.78 is 5.09. The van der Waals surface area contributed by atoms with E-state index >= 15 is 0 Å². The lowest BCUT2D eigenvalue weighted by Gasteiger charge is -2.40. The van der Waals surface area contributed by atoms with Gasteiger partial charge < -0.3 is 15.0 Å². The lowest BCUT2D eigenvalue weighted by atomic mass is 9.84. The van der Waals surface area contributed by atoms with Crippen molar-refractivity contribution in [1.29, 1.82) is 0 Å². The number of hydrogen-bond donors (Lipinski definition) is 1. The Morgan fingerprint density at radius 3 is 2.28 bits per heavy atom. The predicted octanol–water partition coefficient (Wildman–Crippen LogP) is 3.24. The zero-order valence-corrected chi connectivity index (χ0v) is 21.8. The van der Waals surface area contributed by atoms with Crippen molar-refractivity contribution < 1.29 is 19.1 Å². The van der Waals surface area contributed by atoms with Gasteiger partial charge in [-0.1, -0.05) is 47.6 Å². The summed E-state index contributed by atoms with van der Waals surface area (Å²) in [5.41, 5.74) is 0.00247. The largest absolute Gasteiger partial charge is 0.463 e. The van der Waals surface area contributed by atoms with Crippen molar-refractivity contribution in [3.05, 3.63) is 11.6 Å². The molecule has 1 fully saturated rings. The van der Waals surface area contributed by atoms with Gasteiger partial charge in [-0.3, -0.25) is 14.5 Å². The summed E-state index contributed by atoms with van der Waals surface area (Å²) in [6.45, 7) is 16.7. The fraction of sp³-hybridized carbons (Fsp3) is 0.800. The molecule has 1 saturated heterocycles. The van der Waals surface area contributed by atoms with Crippen LogP contribution < -0.4 is 5.32 Å². The number of amides is 2. The molecule has 0 bridgehead atoms. The Kier molecular flexibility index (Phi) is 10.4. The van der Waals surface area contributed by atoms with Crippen LogP contribution in [0, 0.1) is 17.3 Å². The minimum Gasteiger partial charge on any atom is -0.463 e. The van der Waals surface area contributed by atoms with Crippen LogP contribution in [0.5, 0.6) is 0 Å². The highest BCUT2D eigenvalue weighted by molar-refractivity contribution is 5.91. The van der Waals surface area contributed by atoms with E-state index in [0.29, 0.717) is 18.1 Å². The van der Waals surface area contributed by atoms with Crippen LogP contribution in [0.4, 0.5) is 0 Å². The third kappa shape index (κ3) is 7.61.